The second-order valence-electron chi connectivity index (χ2n) is 2.35. The molecule has 0 saturated heterocycles. The van der Waals surface area contributed by atoms with Gasteiger partial charge < -0.3 is 42.3 Å². The Morgan fingerprint density at radius 2 is 1.53 bits per heavy atom. The molecule has 78 valence electrons. The Bertz CT molecular complexity index is 395. The molecule has 2 nitrogen and oxygen atoms in total. The van der Waals surface area contributed by atoms with Gasteiger partial charge >= 0.3 is 19.8 Å². The minimum Gasteiger partial charge on any atom is -1.00 e. The minimum absolute atomic E-state index is 0. The van der Waals surface area contributed by atoms with Gasteiger partial charge in [0.05, 0.1) is 0 Å². The predicted molar refractivity (Wildman–Crippen MR) is 49.2 cm³/mol. The fourth-order valence-electron chi connectivity index (χ4n) is 1.09. The molecule has 0 radical (unpaired) electrons. The third kappa shape index (κ3) is 4.53. The van der Waals surface area contributed by atoms with Gasteiger partial charge in [-0.05, 0) is 12.1 Å². The van der Waals surface area contributed by atoms with E-state index in [1.54, 1.807) is 18.3 Å². The molecule has 6 heteroatoms. The number of phenolic OH excluding ortho intramolecular Hbond substituents is 1. The maximum atomic E-state index is 9.31. The standard InChI is InChI=1S/C9H7NO.3ClH.Ga/c11-8-5-1-3-7-4-2-6-10-9(7)8;;;;/h1-6,11H;3*1H;/q;;;;+3/p-3. The molecule has 0 saturated carbocycles. The quantitative estimate of drug-likeness (QED) is 0.489. The summed E-state index contributed by atoms with van der Waals surface area (Å²) in [5, 5.41) is 10.3. The molecule has 0 amide bonds. The summed E-state index contributed by atoms with van der Waals surface area (Å²) >= 11 is 0. The molecule has 1 N–H and O–H groups in total. The molecule has 15 heavy (non-hydrogen) atoms. The van der Waals surface area contributed by atoms with E-state index in [9.17, 15) is 5.11 Å². The van der Waals surface area contributed by atoms with Crippen LogP contribution in [0.2, 0.25) is 0 Å². The number of rotatable bonds is 0. The molecular formula is C9H7Cl3GaNO. The molecule has 1 heterocycles. The molecule has 0 aliphatic carbocycles. The van der Waals surface area contributed by atoms with Crippen molar-refractivity contribution in [2.75, 3.05) is 0 Å². The van der Waals surface area contributed by atoms with Gasteiger partial charge in [0, 0.05) is 11.6 Å². The van der Waals surface area contributed by atoms with Crippen molar-refractivity contribution in [3.05, 3.63) is 36.5 Å². The fourth-order valence-corrected chi connectivity index (χ4v) is 1.09. The van der Waals surface area contributed by atoms with Crippen molar-refractivity contribution >= 4 is 30.7 Å². The molecule has 0 aliphatic rings. The first-order valence-corrected chi connectivity index (χ1v) is 3.40. The van der Waals surface area contributed by atoms with E-state index in [0.717, 1.165) is 5.39 Å². The van der Waals surface area contributed by atoms with Gasteiger partial charge in [-0.3, -0.25) is 4.98 Å². The number of fused-ring (bicyclic) bond motifs is 1. The summed E-state index contributed by atoms with van der Waals surface area (Å²) in [6.07, 6.45) is 1.67. The van der Waals surface area contributed by atoms with Crippen LogP contribution in [-0.4, -0.2) is 29.9 Å². The first-order valence-electron chi connectivity index (χ1n) is 3.40. The van der Waals surface area contributed by atoms with Crippen molar-refractivity contribution in [1.29, 1.82) is 0 Å². The van der Waals surface area contributed by atoms with Crippen LogP contribution in [0.5, 0.6) is 5.75 Å². The zero-order valence-corrected chi connectivity index (χ0v) is 12.3. The van der Waals surface area contributed by atoms with E-state index in [0.29, 0.717) is 5.52 Å². The van der Waals surface area contributed by atoms with Crippen LogP contribution in [0.4, 0.5) is 0 Å². The number of aromatic hydroxyl groups is 1. The topological polar surface area (TPSA) is 33.1 Å². The number of nitrogens with zero attached hydrogens (tertiary/aromatic N) is 1. The third-order valence-electron chi connectivity index (χ3n) is 1.61. The first kappa shape index (κ1) is 20.4. The van der Waals surface area contributed by atoms with Crippen LogP contribution in [0.25, 0.3) is 10.9 Å². The molecule has 0 bridgehead atoms. The van der Waals surface area contributed by atoms with Gasteiger partial charge in [0.1, 0.15) is 11.3 Å². The molecule has 1 aromatic heterocycles. The summed E-state index contributed by atoms with van der Waals surface area (Å²) in [6.45, 7) is 0. The van der Waals surface area contributed by atoms with Crippen molar-refractivity contribution in [2.24, 2.45) is 0 Å². The van der Waals surface area contributed by atoms with Crippen molar-refractivity contribution in [3.63, 3.8) is 0 Å². The van der Waals surface area contributed by atoms with Crippen LogP contribution in [-0.2, 0) is 0 Å². The Hall–Kier alpha value is -0.0636. The fraction of sp³-hybridized carbons (Fsp3) is 0. The molecule has 0 spiro atoms. The maximum Gasteiger partial charge on any atom is 3.00 e. The van der Waals surface area contributed by atoms with E-state index < -0.39 is 0 Å². The maximum absolute atomic E-state index is 9.31. The second-order valence-corrected chi connectivity index (χ2v) is 2.35. The smallest absolute Gasteiger partial charge is 1.00 e. The van der Waals surface area contributed by atoms with Crippen LogP contribution in [0, 0.1) is 0 Å². The molecule has 0 aliphatic heterocycles. The predicted octanol–water partition coefficient (Wildman–Crippen LogP) is -7.43. The van der Waals surface area contributed by atoms with Crippen molar-refractivity contribution in [3.8, 4) is 5.75 Å². The number of hydrogen-bond acceptors (Lipinski definition) is 2. The summed E-state index contributed by atoms with van der Waals surface area (Å²) in [5.41, 5.74) is 0.662. The average molecular weight is 321 g/mol. The van der Waals surface area contributed by atoms with Gasteiger partial charge in [0.15, 0.2) is 0 Å². The van der Waals surface area contributed by atoms with E-state index in [-0.39, 0.29) is 62.8 Å². The Morgan fingerprint density at radius 1 is 0.933 bits per heavy atom. The molecule has 0 fully saturated rings. The molecule has 2 aromatic rings. The van der Waals surface area contributed by atoms with E-state index in [1.807, 2.05) is 18.2 Å². The molecular weight excluding hydrogens is 314 g/mol. The van der Waals surface area contributed by atoms with Crippen molar-refractivity contribution in [1.82, 2.24) is 4.98 Å². The van der Waals surface area contributed by atoms with E-state index in [2.05, 4.69) is 4.98 Å². The number of pyridine rings is 1. The summed E-state index contributed by atoms with van der Waals surface area (Å²) in [5.74, 6) is 0.239. The zero-order valence-electron chi connectivity index (χ0n) is 7.57. The van der Waals surface area contributed by atoms with E-state index in [4.69, 9.17) is 0 Å². The van der Waals surface area contributed by atoms with Gasteiger partial charge in [-0.1, -0.05) is 18.2 Å². The zero-order chi connectivity index (χ0) is 7.68. The molecule has 0 atom stereocenters. The minimum atomic E-state index is 0. The number of halogens is 3. The van der Waals surface area contributed by atoms with Gasteiger partial charge in [-0.2, -0.15) is 0 Å². The normalized spacial score (nSPS) is 7.47. The Morgan fingerprint density at radius 3 is 2.13 bits per heavy atom. The Kier molecular flexibility index (Phi) is 12.5. The largest absolute Gasteiger partial charge is 3.00 e. The van der Waals surface area contributed by atoms with Crippen LogP contribution >= 0.6 is 0 Å². The number of para-hydroxylation sites is 1. The van der Waals surface area contributed by atoms with Crippen LogP contribution in [0.15, 0.2) is 36.5 Å². The van der Waals surface area contributed by atoms with Gasteiger partial charge in [-0.15, -0.1) is 0 Å². The van der Waals surface area contributed by atoms with Gasteiger partial charge in [0.2, 0.25) is 0 Å². The number of benzene rings is 1. The Balaban J connectivity index is -0.000000360. The molecule has 2 rings (SSSR count). The van der Waals surface area contributed by atoms with Crippen LogP contribution in [0.1, 0.15) is 0 Å². The van der Waals surface area contributed by atoms with E-state index >= 15 is 0 Å². The number of aromatic nitrogens is 1. The molecule has 1 aromatic carbocycles. The monoisotopic (exact) mass is 319 g/mol. The Labute approximate surface area is 120 Å². The van der Waals surface area contributed by atoms with Crippen LogP contribution < -0.4 is 37.2 Å². The first-order chi connectivity index (χ1) is 5.38. The van der Waals surface area contributed by atoms with E-state index in [1.165, 1.54) is 0 Å². The molecule has 0 unspecified atom stereocenters. The van der Waals surface area contributed by atoms with Gasteiger partial charge in [0.25, 0.3) is 0 Å². The number of phenols is 1. The average Bonchev–Trinajstić information content (AvgIpc) is 2.06. The summed E-state index contributed by atoms with van der Waals surface area (Å²) in [7, 11) is 0. The van der Waals surface area contributed by atoms with Gasteiger partial charge in [-0.25, -0.2) is 0 Å². The van der Waals surface area contributed by atoms with Crippen molar-refractivity contribution < 1.29 is 42.3 Å². The SMILES string of the molecule is Oc1cccc2cccnc12.[Cl-].[Cl-].[Cl-].[Ga+3]. The second kappa shape index (κ2) is 9.18. The summed E-state index contributed by atoms with van der Waals surface area (Å²) in [6, 6.07) is 9.13. The number of hydrogen-bond donors (Lipinski definition) is 1. The van der Waals surface area contributed by atoms with Crippen molar-refractivity contribution in [2.45, 2.75) is 0 Å². The summed E-state index contributed by atoms with van der Waals surface area (Å²) < 4.78 is 0. The van der Waals surface area contributed by atoms with Crippen LogP contribution in [0.3, 0.4) is 0 Å². The summed E-state index contributed by atoms with van der Waals surface area (Å²) in [4.78, 5) is 4.03. The third-order valence-corrected chi connectivity index (χ3v) is 1.61.